The molecule has 0 spiro atoms. The predicted octanol–water partition coefficient (Wildman–Crippen LogP) is 0.461. The number of sulfonamides is 2. The van der Waals surface area contributed by atoms with Gasteiger partial charge in [0.15, 0.2) is 5.13 Å². The fourth-order valence-electron chi connectivity index (χ4n) is 3.30. The molecule has 1 amide bonds. The summed E-state index contributed by atoms with van der Waals surface area (Å²) >= 11 is 1.31. The molecule has 0 saturated carbocycles. The van der Waals surface area contributed by atoms with Crippen LogP contribution in [0, 0.1) is 5.92 Å². The first-order valence-electron chi connectivity index (χ1n) is 8.82. The van der Waals surface area contributed by atoms with Crippen molar-refractivity contribution in [2.24, 2.45) is 5.92 Å². The normalized spacial score (nSPS) is 20.4. The van der Waals surface area contributed by atoms with Gasteiger partial charge >= 0.3 is 0 Å². The van der Waals surface area contributed by atoms with Crippen molar-refractivity contribution in [3.8, 4) is 0 Å². The maximum Gasteiger partial charge on any atom is 0.229 e. The third-order valence-electron chi connectivity index (χ3n) is 4.98. The second-order valence-corrected chi connectivity index (χ2v) is 12.1. The van der Waals surface area contributed by atoms with Gasteiger partial charge in [-0.2, -0.15) is 4.31 Å². The van der Waals surface area contributed by atoms with Crippen molar-refractivity contribution in [3.63, 3.8) is 0 Å². The van der Waals surface area contributed by atoms with Gasteiger partial charge in [-0.15, -0.1) is 11.3 Å². The number of carbonyl (C=O) groups excluding carboxylic acids is 1. The van der Waals surface area contributed by atoms with Gasteiger partial charge in [0.25, 0.3) is 0 Å². The van der Waals surface area contributed by atoms with Gasteiger partial charge in [-0.05, 0) is 19.8 Å². The quantitative estimate of drug-likeness (QED) is 0.717. The molecule has 0 unspecified atom stereocenters. The van der Waals surface area contributed by atoms with Gasteiger partial charge in [-0.3, -0.25) is 4.79 Å². The van der Waals surface area contributed by atoms with E-state index in [1.165, 1.54) is 26.2 Å². The minimum absolute atomic E-state index is 0.0664. The summed E-state index contributed by atoms with van der Waals surface area (Å²) in [6.45, 7) is 3.01. The molecule has 1 aromatic rings. The molecular formula is C15H24N4O5S3. The van der Waals surface area contributed by atoms with Gasteiger partial charge in [-0.25, -0.2) is 26.1 Å². The Labute approximate surface area is 163 Å². The average molecular weight is 437 g/mol. The van der Waals surface area contributed by atoms with E-state index in [0.29, 0.717) is 50.6 Å². The Bertz CT molecular complexity index is 917. The number of hydrogen-bond acceptors (Lipinski definition) is 7. The van der Waals surface area contributed by atoms with Crippen molar-refractivity contribution >= 4 is 42.4 Å². The number of amides is 1. The highest BCUT2D eigenvalue weighted by atomic mass is 32.2. The van der Waals surface area contributed by atoms with Gasteiger partial charge in [-0.1, -0.05) is 0 Å². The second-order valence-electron chi connectivity index (χ2n) is 6.80. The van der Waals surface area contributed by atoms with E-state index >= 15 is 0 Å². The van der Waals surface area contributed by atoms with Crippen molar-refractivity contribution in [1.82, 2.24) is 13.6 Å². The van der Waals surface area contributed by atoms with Gasteiger partial charge < -0.3 is 5.32 Å². The number of fused-ring (bicyclic) bond motifs is 1. The molecule has 2 aliphatic rings. The van der Waals surface area contributed by atoms with Crippen LogP contribution in [0.3, 0.4) is 0 Å². The number of carbonyl (C=O) groups is 1. The Balaban J connectivity index is 1.61. The van der Waals surface area contributed by atoms with Gasteiger partial charge in [0.2, 0.25) is 26.0 Å². The van der Waals surface area contributed by atoms with Crippen molar-refractivity contribution in [3.05, 3.63) is 10.6 Å². The van der Waals surface area contributed by atoms with Crippen molar-refractivity contribution in [2.75, 3.05) is 37.0 Å². The van der Waals surface area contributed by atoms with E-state index in [9.17, 15) is 21.6 Å². The monoisotopic (exact) mass is 436 g/mol. The Morgan fingerprint density at radius 1 is 1.19 bits per heavy atom. The SMILES string of the molecule is CCS(=O)(=O)N1CCc2nc(NC(=O)C3CCN(S(C)(=O)=O)CC3)sc2C1. The number of piperidine rings is 1. The molecule has 0 aliphatic carbocycles. The maximum atomic E-state index is 12.5. The Kier molecular flexibility index (Phi) is 5.92. The van der Waals surface area contributed by atoms with E-state index in [0.717, 1.165) is 10.6 Å². The molecule has 9 nitrogen and oxygen atoms in total. The second kappa shape index (κ2) is 7.74. The lowest BCUT2D eigenvalue weighted by Gasteiger charge is -2.29. The Hall–Kier alpha value is -1.08. The zero-order valence-corrected chi connectivity index (χ0v) is 17.8. The van der Waals surface area contributed by atoms with Crippen molar-refractivity contribution in [1.29, 1.82) is 0 Å². The number of thiazole rings is 1. The smallest absolute Gasteiger partial charge is 0.229 e. The van der Waals surface area contributed by atoms with Crippen LogP contribution in [-0.2, 0) is 37.8 Å². The number of hydrogen-bond donors (Lipinski definition) is 1. The number of nitrogens with zero attached hydrogens (tertiary/aromatic N) is 3. The highest BCUT2D eigenvalue weighted by Crippen LogP contribution is 2.30. The zero-order valence-electron chi connectivity index (χ0n) is 15.3. The summed E-state index contributed by atoms with van der Waals surface area (Å²) in [4.78, 5) is 17.8. The van der Waals surface area contributed by atoms with Gasteiger partial charge in [0.05, 0.1) is 17.7 Å². The van der Waals surface area contributed by atoms with Crippen LogP contribution >= 0.6 is 11.3 Å². The highest BCUT2D eigenvalue weighted by molar-refractivity contribution is 7.89. The summed E-state index contributed by atoms with van der Waals surface area (Å²) in [5.41, 5.74) is 0.838. The largest absolute Gasteiger partial charge is 0.302 e. The molecule has 27 heavy (non-hydrogen) atoms. The van der Waals surface area contributed by atoms with E-state index < -0.39 is 20.0 Å². The molecule has 0 atom stereocenters. The minimum atomic E-state index is -3.24. The standard InChI is InChI=1S/C15H24N4O5S3/c1-3-27(23,24)19-9-6-12-13(10-19)25-15(16-12)17-14(20)11-4-7-18(8-5-11)26(2,21)22/h11H,3-10H2,1-2H3,(H,16,17,20). The maximum absolute atomic E-state index is 12.5. The number of nitrogens with one attached hydrogen (secondary N) is 1. The molecule has 1 N–H and O–H groups in total. The first-order chi connectivity index (χ1) is 12.6. The van der Waals surface area contributed by atoms with Crippen LogP contribution in [0.2, 0.25) is 0 Å². The summed E-state index contributed by atoms with van der Waals surface area (Å²) in [7, 11) is -6.46. The highest BCUT2D eigenvalue weighted by Gasteiger charge is 2.31. The Morgan fingerprint density at radius 2 is 1.85 bits per heavy atom. The average Bonchev–Trinajstić information content (AvgIpc) is 3.02. The number of aromatic nitrogens is 1. The van der Waals surface area contributed by atoms with Gasteiger partial charge in [0.1, 0.15) is 0 Å². The van der Waals surface area contributed by atoms with E-state index in [2.05, 4.69) is 10.3 Å². The van der Waals surface area contributed by atoms with Crippen LogP contribution < -0.4 is 5.32 Å². The molecule has 0 radical (unpaired) electrons. The molecule has 0 bridgehead atoms. The molecule has 0 aromatic carbocycles. The Morgan fingerprint density at radius 3 is 2.44 bits per heavy atom. The first kappa shape index (κ1) is 20.6. The fourth-order valence-corrected chi connectivity index (χ4v) is 6.35. The van der Waals surface area contributed by atoms with Crippen LogP contribution in [0.5, 0.6) is 0 Å². The summed E-state index contributed by atoms with van der Waals surface area (Å²) in [6.07, 6.45) is 2.67. The molecule has 1 saturated heterocycles. The molecule has 152 valence electrons. The summed E-state index contributed by atoms with van der Waals surface area (Å²) in [6, 6.07) is 0. The minimum Gasteiger partial charge on any atom is -0.302 e. The molecule has 3 rings (SSSR count). The summed E-state index contributed by atoms with van der Waals surface area (Å²) in [5.74, 6) is -0.343. The topological polar surface area (TPSA) is 117 Å². The molecular weight excluding hydrogens is 412 g/mol. The van der Waals surface area contributed by atoms with E-state index in [-0.39, 0.29) is 17.6 Å². The lowest BCUT2D eigenvalue weighted by molar-refractivity contribution is -0.120. The summed E-state index contributed by atoms with van der Waals surface area (Å²) < 4.78 is 50.1. The van der Waals surface area contributed by atoms with Crippen molar-refractivity contribution < 1.29 is 21.6 Å². The van der Waals surface area contributed by atoms with Crippen LogP contribution in [0.1, 0.15) is 30.3 Å². The lowest BCUT2D eigenvalue weighted by Crippen LogP contribution is -2.40. The van der Waals surface area contributed by atoms with E-state index in [1.54, 1.807) is 6.92 Å². The summed E-state index contributed by atoms with van der Waals surface area (Å²) in [5, 5.41) is 3.30. The lowest BCUT2D eigenvalue weighted by atomic mass is 9.97. The number of rotatable bonds is 5. The third-order valence-corrected chi connectivity index (χ3v) is 9.11. The zero-order chi connectivity index (χ0) is 19.8. The first-order valence-corrected chi connectivity index (χ1v) is 13.1. The van der Waals surface area contributed by atoms with Crippen LogP contribution in [0.15, 0.2) is 0 Å². The predicted molar refractivity (Wildman–Crippen MR) is 103 cm³/mol. The van der Waals surface area contributed by atoms with Crippen molar-refractivity contribution in [2.45, 2.75) is 32.7 Å². The molecule has 1 aromatic heterocycles. The number of anilines is 1. The molecule has 2 aliphatic heterocycles. The molecule has 12 heteroatoms. The molecule has 3 heterocycles. The van der Waals surface area contributed by atoms with E-state index in [1.807, 2.05) is 0 Å². The van der Waals surface area contributed by atoms with Crippen LogP contribution in [0.4, 0.5) is 5.13 Å². The molecule has 1 fully saturated rings. The van der Waals surface area contributed by atoms with Crippen LogP contribution in [0.25, 0.3) is 0 Å². The third kappa shape index (κ3) is 4.67. The van der Waals surface area contributed by atoms with Crippen LogP contribution in [-0.4, -0.2) is 68.0 Å². The van der Waals surface area contributed by atoms with Gasteiger partial charge in [0, 0.05) is 43.4 Å². The fraction of sp³-hybridized carbons (Fsp3) is 0.733. The van der Waals surface area contributed by atoms with E-state index in [4.69, 9.17) is 0 Å².